The molecule has 0 rings (SSSR count). The first kappa shape index (κ1) is 26.4. The maximum absolute atomic E-state index is 11.4. The topological polar surface area (TPSA) is 110 Å². The fourth-order valence-corrected chi connectivity index (χ4v) is 3.08. The van der Waals surface area contributed by atoms with E-state index in [9.17, 15) is 19.5 Å². The maximum Gasteiger partial charge on any atom is 0.417 e. The fourth-order valence-electron chi connectivity index (χ4n) is 3.08. The Morgan fingerprint density at radius 2 is 1.36 bits per heavy atom. The summed E-state index contributed by atoms with van der Waals surface area (Å²) in [5, 5.41) is 19.1. The Kier molecular flexibility index (Phi) is 16.5. The van der Waals surface area contributed by atoms with Gasteiger partial charge in [0.2, 0.25) is 0 Å². The van der Waals surface area contributed by atoms with Gasteiger partial charge in [-0.3, -0.25) is 4.79 Å². The lowest BCUT2D eigenvalue weighted by atomic mass is 9.99. The third kappa shape index (κ3) is 14.4. The molecule has 0 aliphatic carbocycles. The molecule has 0 saturated carbocycles. The number of carboxylic acid groups (broad SMARTS) is 1. The molecule has 0 aromatic carbocycles. The van der Waals surface area contributed by atoms with Crippen molar-refractivity contribution in [2.75, 3.05) is 7.11 Å². The van der Waals surface area contributed by atoms with Crippen LogP contribution in [0.3, 0.4) is 0 Å². The molecule has 7 heteroatoms. The van der Waals surface area contributed by atoms with Gasteiger partial charge in [-0.05, 0) is 25.7 Å². The summed E-state index contributed by atoms with van der Waals surface area (Å²) in [5.41, 5.74) is 0. The number of esters is 2. The van der Waals surface area contributed by atoms with Gasteiger partial charge >= 0.3 is 17.9 Å². The van der Waals surface area contributed by atoms with Crippen molar-refractivity contribution < 1.29 is 34.1 Å². The second-order valence-corrected chi connectivity index (χ2v) is 7.26. The molecule has 0 radical (unpaired) electrons. The molecule has 0 spiro atoms. The number of carboxylic acids is 1. The van der Waals surface area contributed by atoms with Crippen molar-refractivity contribution in [3.05, 3.63) is 0 Å². The molecule has 0 fully saturated rings. The van der Waals surface area contributed by atoms with E-state index < -0.39 is 24.1 Å². The minimum absolute atomic E-state index is 0.210. The first-order valence-electron chi connectivity index (χ1n) is 10.6. The van der Waals surface area contributed by atoms with Crippen molar-refractivity contribution in [2.24, 2.45) is 0 Å². The molecular formula is C21H38O7. The second-order valence-electron chi connectivity index (χ2n) is 7.26. The zero-order chi connectivity index (χ0) is 21.2. The first-order valence-corrected chi connectivity index (χ1v) is 10.6. The van der Waals surface area contributed by atoms with E-state index in [0.717, 1.165) is 51.4 Å². The van der Waals surface area contributed by atoms with Crippen LogP contribution in [-0.4, -0.2) is 47.4 Å². The number of aliphatic hydroxyl groups is 1. The van der Waals surface area contributed by atoms with Gasteiger partial charge in [0.05, 0.1) is 13.2 Å². The molecule has 2 N–H and O–H groups in total. The molecule has 164 valence electrons. The van der Waals surface area contributed by atoms with Crippen LogP contribution >= 0.6 is 0 Å². The predicted octanol–water partition coefficient (Wildman–Crippen LogP) is 4.00. The zero-order valence-corrected chi connectivity index (χ0v) is 17.5. The van der Waals surface area contributed by atoms with Gasteiger partial charge in [-0.2, -0.15) is 0 Å². The lowest BCUT2D eigenvalue weighted by Gasteiger charge is -2.22. The van der Waals surface area contributed by atoms with Crippen LogP contribution in [0, 0.1) is 0 Å². The van der Waals surface area contributed by atoms with Crippen LogP contribution in [0.1, 0.15) is 96.8 Å². The molecule has 0 aliphatic heterocycles. The number of ether oxygens (including phenoxy) is 2. The van der Waals surface area contributed by atoms with Crippen molar-refractivity contribution in [3.63, 3.8) is 0 Å². The predicted molar refractivity (Wildman–Crippen MR) is 106 cm³/mol. The van der Waals surface area contributed by atoms with Gasteiger partial charge in [-0.1, -0.05) is 64.7 Å². The van der Waals surface area contributed by atoms with Gasteiger partial charge in [-0.15, -0.1) is 0 Å². The van der Waals surface area contributed by atoms with Crippen molar-refractivity contribution in [1.29, 1.82) is 0 Å². The number of aliphatic hydroxyl groups excluding tert-OH is 1. The van der Waals surface area contributed by atoms with E-state index in [4.69, 9.17) is 9.84 Å². The maximum atomic E-state index is 11.4. The van der Waals surface area contributed by atoms with Crippen LogP contribution in [0.5, 0.6) is 0 Å². The fraction of sp³-hybridized carbons (Fsp3) is 0.857. The number of hydrogen-bond acceptors (Lipinski definition) is 6. The van der Waals surface area contributed by atoms with Crippen molar-refractivity contribution in [2.45, 2.75) is 109 Å². The monoisotopic (exact) mass is 402 g/mol. The van der Waals surface area contributed by atoms with Gasteiger partial charge in [-0.25, -0.2) is 9.59 Å². The standard InChI is InChI=1S/C21H38O7/c1-3-4-5-6-8-11-14-17(22)18(28-21(26)20(24)25)15-12-9-7-10-13-16-19(23)27-2/h17-18,22H,3-16H2,1-2H3,(H,24,25). The summed E-state index contributed by atoms with van der Waals surface area (Å²) in [5.74, 6) is -3.16. The summed E-state index contributed by atoms with van der Waals surface area (Å²) in [7, 11) is 1.37. The van der Waals surface area contributed by atoms with Crippen molar-refractivity contribution in [1.82, 2.24) is 0 Å². The SMILES string of the molecule is CCCCCCCCC(O)C(CCCCCCCC(=O)OC)OC(=O)C(=O)O. The smallest absolute Gasteiger partial charge is 0.417 e. The third-order valence-corrected chi connectivity index (χ3v) is 4.81. The number of carbonyl (C=O) groups is 3. The van der Waals surface area contributed by atoms with E-state index in [0.29, 0.717) is 19.3 Å². The minimum Gasteiger partial charge on any atom is -0.473 e. The van der Waals surface area contributed by atoms with E-state index in [1.807, 2.05) is 0 Å². The van der Waals surface area contributed by atoms with Crippen LogP contribution < -0.4 is 0 Å². The highest BCUT2D eigenvalue weighted by atomic mass is 16.6. The quantitative estimate of drug-likeness (QED) is 0.215. The molecule has 0 aliphatic rings. The molecule has 28 heavy (non-hydrogen) atoms. The Labute approximate surface area is 168 Å². The molecule has 2 unspecified atom stereocenters. The summed E-state index contributed by atoms with van der Waals surface area (Å²) in [6.07, 6.45) is 10.4. The van der Waals surface area contributed by atoms with Gasteiger partial charge in [0, 0.05) is 6.42 Å². The molecule has 0 saturated heterocycles. The minimum atomic E-state index is -1.64. The van der Waals surface area contributed by atoms with Gasteiger partial charge in [0.15, 0.2) is 0 Å². The number of aliphatic carboxylic acids is 1. The normalized spacial score (nSPS) is 13.0. The Morgan fingerprint density at radius 3 is 1.93 bits per heavy atom. The summed E-state index contributed by atoms with van der Waals surface area (Å²) < 4.78 is 9.58. The molecule has 0 bridgehead atoms. The van der Waals surface area contributed by atoms with Gasteiger partial charge in [0.1, 0.15) is 6.10 Å². The summed E-state index contributed by atoms with van der Waals surface area (Å²) in [4.78, 5) is 33.2. The van der Waals surface area contributed by atoms with Gasteiger partial charge < -0.3 is 19.7 Å². The van der Waals surface area contributed by atoms with E-state index in [2.05, 4.69) is 11.7 Å². The zero-order valence-electron chi connectivity index (χ0n) is 17.5. The Balaban J connectivity index is 4.16. The van der Waals surface area contributed by atoms with Crippen LogP contribution in [0.4, 0.5) is 0 Å². The molecule has 0 amide bonds. The number of hydrogen-bond donors (Lipinski definition) is 2. The number of rotatable bonds is 17. The van der Waals surface area contributed by atoms with E-state index >= 15 is 0 Å². The average Bonchev–Trinajstić information content (AvgIpc) is 2.68. The van der Waals surface area contributed by atoms with E-state index in [1.165, 1.54) is 26.4 Å². The number of methoxy groups -OCH3 is 1. The summed E-state index contributed by atoms with van der Waals surface area (Å²) >= 11 is 0. The molecule has 0 aromatic rings. The Bertz CT molecular complexity index is 436. The van der Waals surface area contributed by atoms with Crippen LogP contribution in [0.25, 0.3) is 0 Å². The van der Waals surface area contributed by atoms with Crippen LogP contribution in [0.2, 0.25) is 0 Å². The lowest BCUT2D eigenvalue weighted by Crippen LogP contribution is -2.33. The van der Waals surface area contributed by atoms with Crippen molar-refractivity contribution in [3.8, 4) is 0 Å². The Hall–Kier alpha value is -1.63. The molecule has 0 heterocycles. The van der Waals surface area contributed by atoms with Crippen LogP contribution in [0.15, 0.2) is 0 Å². The van der Waals surface area contributed by atoms with Crippen molar-refractivity contribution >= 4 is 17.9 Å². The van der Waals surface area contributed by atoms with Gasteiger partial charge in [0.25, 0.3) is 0 Å². The summed E-state index contributed by atoms with van der Waals surface area (Å²) in [6.45, 7) is 2.16. The third-order valence-electron chi connectivity index (χ3n) is 4.81. The molecule has 7 nitrogen and oxygen atoms in total. The first-order chi connectivity index (χ1) is 13.4. The van der Waals surface area contributed by atoms with E-state index in [-0.39, 0.29) is 5.97 Å². The highest BCUT2D eigenvalue weighted by Gasteiger charge is 2.25. The average molecular weight is 403 g/mol. The lowest BCUT2D eigenvalue weighted by molar-refractivity contribution is -0.171. The largest absolute Gasteiger partial charge is 0.473 e. The Morgan fingerprint density at radius 1 is 0.821 bits per heavy atom. The highest BCUT2D eigenvalue weighted by molar-refractivity contribution is 6.28. The number of carbonyl (C=O) groups excluding carboxylic acids is 2. The number of unbranched alkanes of at least 4 members (excludes halogenated alkanes) is 9. The molecular weight excluding hydrogens is 364 g/mol. The highest BCUT2D eigenvalue weighted by Crippen LogP contribution is 2.18. The molecule has 2 atom stereocenters. The van der Waals surface area contributed by atoms with E-state index in [1.54, 1.807) is 0 Å². The van der Waals surface area contributed by atoms with Crippen LogP contribution in [-0.2, 0) is 23.9 Å². The summed E-state index contributed by atoms with van der Waals surface area (Å²) in [6, 6.07) is 0. The second kappa shape index (κ2) is 17.5. The molecule has 0 aromatic heterocycles.